The lowest BCUT2D eigenvalue weighted by Gasteiger charge is -2.21. The van der Waals surface area contributed by atoms with Gasteiger partial charge in [0.25, 0.3) is 15.8 Å². The summed E-state index contributed by atoms with van der Waals surface area (Å²) in [5.41, 5.74) is 1.26. The molecule has 1 aliphatic heterocycles. The van der Waals surface area contributed by atoms with Crippen LogP contribution in [0.25, 0.3) is 0 Å². The summed E-state index contributed by atoms with van der Waals surface area (Å²) in [6, 6.07) is 10.1. The molecule has 1 heterocycles. The van der Waals surface area contributed by atoms with Crippen molar-refractivity contribution in [2.75, 3.05) is 11.8 Å². The molecule has 0 atom stereocenters. The van der Waals surface area contributed by atoms with Crippen molar-refractivity contribution in [3.63, 3.8) is 0 Å². The Morgan fingerprint density at radius 1 is 1.04 bits per heavy atom. The third-order valence-corrected chi connectivity index (χ3v) is 6.16. The minimum atomic E-state index is -3.79. The summed E-state index contributed by atoms with van der Waals surface area (Å²) < 4.78 is 45.4. The van der Waals surface area contributed by atoms with Crippen LogP contribution in [0.15, 0.2) is 41.3 Å². The maximum atomic E-state index is 12.8. The van der Waals surface area contributed by atoms with Gasteiger partial charge in [0.2, 0.25) is 0 Å². The molecule has 138 valence electrons. The van der Waals surface area contributed by atoms with Gasteiger partial charge in [0, 0.05) is 18.9 Å². The Balaban J connectivity index is 1.62. The van der Waals surface area contributed by atoms with Gasteiger partial charge in [-0.05, 0) is 49.6 Å². The highest BCUT2D eigenvalue weighted by Gasteiger charge is 2.44. The van der Waals surface area contributed by atoms with Crippen molar-refractivity contribution < 1.29 is 22.6 Å². The summed E-state index contributed by atoms with van der Waals surface area (Å²) in [5, 5.41) is 0. The van der Waals surface area contributed by atoms with Gasteiger partial charge in [0.15, 0.2) is 11.5 Å². The lowest BCUT2D eigenvalue weighted by Crippen LogP contribution is -2.34. The molecule has 1 N–H and O–H groups in total. The Bertz CT molecular complexity index is 948. The minimum absolute atomic E-state index is 0.102. The molecule has 1 fully saturated rings. The predicted molar refractivity (Wildman–Crippen MR) is 97.4 cm³/mol. The van der Waals surface area contributed by atoms with E-state index in [1.165, 1.54) is 7.11 Å². The fourth-order valence-electron chi connectivity index (χ4n) is 3.48. The quantitative estimate of drug-likeness (QED) is 0.879. The SMILES string of the molecule is COc1ccc(C)cc1S(=O)(=O)Nc1ccc2c(c1)OC1(CCCC1)O2. The first-order valence-corrected chi connectivity index (χ1v) is 10.1. The number of ether oxygens (including phenoxy) is 3. The van der Waals surface area contributed by atoms with E-state index in [0.717, 1.165) is 31.2 Å². The zero-order valence-corrected chi connectivity index (χ0v) is 15.6. The maximum absolute atomic E-state index is 12.8. The molecule has 7 heteroatoms. The van der Waals surface area contributed by atoms with E-state index in [9.17, 15) is 8.42 Å². The van der Waals surface area contributed by atoms with Crippen molar-refractivity contribution in [2.45, 2.75) is 43.3 Å². The predicted octanol–water partition coefficient (Wildman–Crippen LogP) is 3.85. The van der Waals surface area contributed by atoms with E-state index in [4.69, 9.17) is 14.2 Å². The second kappa shape index (κ2) is 6.09. The number of methoxy groups -OCH3 is 1. The van der Waals surface area contributed by atoms with E-state index < -0.39 is 15.8 Å². The first-order valence-electron chi connectivity index (χ1n) is 8.60. The van der Waals surface area contributed by atoms with Crippen molar-refractivity contribution in [2.24, 2.45) is 0 Å². The van der Waals surface area contributed by atoms with Crippen LogP contribution < -0.4 is 18.9 Å². The summed E-state index contributed by atoms with van der Waals surface area (Å²) in [5.74, 6) is 0.958. The molecular weight excluding hydrogens is 354 g/mol. The number of fused-ring (bicyclic) bond motifs is 1. The van der Waals surface area contributed by atoms with E-state index in [1.54, 1.807) is 36.4 Å². The molecule has 1 spiro atoms. The van der Waals surface area contributed by atoms with Gasteiger partial charge in [-0.2, -0.15) is 0 Å². The molecule has 0 unspecified atom stereocenters. The number of sulfonamides is 1. The molecular formula is C19H21NO5S. The second-order valence-electron chi connectivity index (χ2n) is 6.74. The van der Waals surface area contributed by atoms with Gasteiger partial charge in [-0.15, -0.1) is 0 Å². The molecule has 0 saturated heterocycles. The summed E-state index contributed by atoms with van der Waals surface area (Å²) >= 11 is 0. The first-order chi connectivity index (χ1) is 12.4. The molecule has 6 nitrogen and oxygen atoms in total. The molecule has 26 heavy (non-hydrogen) atoms. The topological polar surface area (TPSA) is 73.9 Å². The number of anilines is 1. The average Bonchev–Trinajstić information content (AvgIpc) is 3.20. The van der Waals surface area contributed by atoms with Crippen molar-refractivity contribution in [3.05, 3.63) is 42.0 Å². The van der Waals surface area contributed by atoms with Crippen LogP contribution >= 0.6 is 0 Å². The van der Waals surface area contributed by atoms with Crippen LogP contribution in [0, 0.1) is 6.92 Å². The highest BCUT2D eigenvalue weighted by atomic mass is 32.2. The van der Waals surface area contributed by atoms with Crippen molar-refractivity contribution >= 4 is 15.7 Å². The van der Waals surface area contributed by atoms with Crippen LogP contribution in [0.3, 0.4) is 0 Å². The first kappa shape index (κ1) is 17.0. The van der Waals surface area contributed by atoms with E-state index >= 15 is 0 Å². The van der Waals surface area contributed by atoms with Crippen molar-refractivity contribution in [1.82, 2.24) is 0 Å². The van der Waals surface area contributed by atoms with Crippen LogP contribution in [0.1, 0.15) is 31.2 Å². The maximum Gasteiger partial charge on any atom is 0.265 e. The summed E-state index contributed by atoms with van der Waals surface area (Å²) in [4.78, 5) is 0.102. The molecule has 2 aliphatic rings. The third-order valence-electron chi connectivity index (χ3n) is 4.76. The standard InChI is InChI=1S/C19H21NO5S/c1-13-5-7-16(23-2)18(11-13)26(21,22)20-14-6-8-15-17(12-14)25-19(24-15)9-3-4-10-19/h5-8,11-12,20H,3-4,9-10H2,1-2H3. The van der Waals surface area contributed by atoms with Gasteiger partial charge in [0.1, 0.15) is 10.6 Å². The van der Waals surface area contributed by atoms with E-state index in [2.05, 4.69) is 4.72 Å². The van der Waals surface area contributed by atoms with Crippen LogP contribution in [0.5, 0.6) is 17.2 Å². The summed E-state index contributed by atoms with van der Waals surface area (Å²) in [6.45, 7) is 1.83. The van der Waals surface area contributed by atoms with Gasteiger partial charge < -0.3 is 14.2 Å². The number of rotatable bonds is 4. The van der Waals surface area contributed by atoms with Gasteiger partial charge in [-0.3, -0.25) is 4.72 Å². The van der Waals surface area contributed by atoms with Crippen molar-refractivity contribution in [3.8, 4) is 17.2 Å². The third kappa shape index (κ3) is 2.96. The number of benzene rings is 2. The zero-order chi connectivity index (χ0) is 18.4. The fourth-order valence-corrected chi connectivity index (χ4v) is 4.78. The summed E-state index contributed by atoms with van der Waals surface area (Å²) in [7, 11) is -2.35. The molecule has 0 radical (unpaired) electrons. The normalized spacial score (nSPS) is 17.5. The smallest absolute Gasteiger partial charge is 0.265 e. The molecule has 1 aliphatic carbocycles. The van der Waals surface area contributed by atoms with Gasteiger partial charge in [0.05, 0.1) is 12.8 Å². The Morgan fingerprint density at radius 3 is 2.50 bits per heavy atom. The van der Waals surface area contributed by atoms with Crippen LogP contribution in [-0.4, -0.2) is 21.3 Å². The Kier molecular flexibility index (Phi) is 3.99. The van der Waals surface area contributed by atoms with E-state index in [-0.39, 0.29) is 4.90 Å². The molecule has 0 aromatic heterocycles. The number of aryl methyl sites for hydroxylation is 1. The van der Waals surface area contributed by atoms with Crippen LogP contribution in [0.4, 0.5) is 5.69 Å². The molecule has 0 bridgehead atoms. The number of hydrogen-bond acceptors (Lipinski definition) is 5. The molecule has 1 saturated carbocycles. The molecule has 2 aromatic carbocycles. The Morgan fingerprint density at radius 2 is 1.77 bits per heavy atom. The Hall–Kier alpha value is -2.41. The number of hydrogen-bond donors (Lipinski definition) is 1. The molecule has 4 rings (SSSR count). The molecule has 2 aromatic rings. The number of nitrogens with one attached hydrogen (secondary N) is 1. The largest absolute Gasteiger partial charge is 0.495 e. The van der Waals surface area contributed by atoms with Crippen molar-refractivity contribution in [1.29, 1.82) is 0 Å². The Labute approximate surface area is 153 Å². The van der Waals surface area contributed by atoms with E-state index in [0.29, 0.717) is 22.9 Å². The van der Waals surface area contributed by atoms with Gasteiger partial charge in [-0.25, -0.2) is 8.42 Å². The second-order valence-corrected chi connectivity index (χ2v) is 8.39. The molecule has 0 amide bonds. The highest BCUT2D eigenvalue weighted by molar-refractivity contribution is 7.92. The van der Waals surface area contributed by atoms with Gasteiger partial charge in [-0.1, -0.05) is 6.07 Å². The van der Waals surface area contributed by atoms with Gasteiger partial charge >= 0.3 is 0 Å². The van der Waals surface area contributed by atoms with E-state index in [1.807, 2.05) is 6.92 Å². The fraction of sp³-hybridized carbons (Fsp3) is 0.368. The minimum Gasteiger partial charge on any atom is -0.495 e. The van der Waals surface area contributed by atoms with Crippen LogP contribution in [-0.2, 0) is 10.0 Å². The highest BCUT2D eigenvalue weighted by Crippen LogP contribution is 2.47. The lowest BCUT2D eigenvalue weighted by molar-refractivity contribution is -0.0716. The summed E-state index contributed by atoms with van der Waals surface area (Å²) in [6.07, 6.45) is 3.84. The monoisotopic (exact) mass is 375 g/mol. The average molecular weight is 375 g/mol. The zero-order valence-electron chi connectivity index (χ0n) is 14.7. The lowest BCUT2D eigenvalue weighted by atomic mass is 10.2. The van der Waals surface area contributed by atoms with Crippen LogP contribution in [0.2, 0.25) is 0 Å².